The molecule has 0 fully saturated rings. The Morgan fingerprint density at radius 1 is 1.36 bits per heavy atom. The van der Waals surface area contributed by atoms with Crippen LogP contribution in [0.2, 0.25) is 5.02 Å². The number of nitrogens with zero attached hydrogens (tertiary/aromatic N) is 2. The van der Waals surface area contributed by atoms with Crippen LogP contribution >= 0.6 is 22.9 Å². The van der Waals surface area contributed by atoms with E-state index in [0.29, 0.717) is 5.02 Å². The monoisotopic (exact) mass is 383 g/mol. The molecule has 134 valence electrons. The van der Waals surface area contributed by atoms with Gasteiger partial charge < -0.3 is 20.1 Å². The first-order valence-corrected chi connectivity index (χ1v) is 8.63. The van der Waals surface area contributed by atoms with E-state index >= 15 is 0 Å². The summed E-state index contributed by atoms with van der Waals surface area (Å²) in [4.78, 5) is 24.1. The summed E-state index contributed by atoms with van der Waals surface area (Å²) in [5, 5.41) is 17.5. The maximum atomic E-state index is 12.3. The standard InChI is InChI=1S/C16H16ClNO2S.NO3/c1-20-16(19)15(12-4-2-3-5-13(12)17)18-8-6-14-11(10-18)7-9-21-14;2-1(3)4/h2-5,7,9,15H,6,8,10H2,1H3;/q;-1/t15-;/m0./s1. The van der Waals surface area contributed by atoms with Crippen LogP contribution in [-0.2, 0) is 22.5 Å². The smallest absolute Gasteiger partial charge is 0.327 e. The van der Waals surface area contributed by atoms with Gasteiger partial charge in [-0.2, -0.15) is 0 Å². The number of hydrogen-bond acceptors (Lipinski definition) is 7. The molecule has 2 aromatic rings. The summed E-state index contributed by atoms with van der Waals surface area (Å²) in [6, 6.07) is 9.16. The van der Waals surface area contributed by atoms with Crippen LogP contribution in [0.1, 0.15) is 22.0 Å². The van der Waals surface area contributed by atoms with E-state index in [-0.39, 0.29) is 5.97 Å². The molecule has 0 saturated carbocycles. The third kappa shape index (κ3) is 4.91. The van der Waals surface area contributed by atoms with Crippen molar-refractivity contribution in [2.45, 2.75) is 19.0 Å². The number of carbonyl (C=O) groups excluding carboxylic acids is 1. The highest BCUT2D eigenvalue weighted by atomic mass is 35.5. The molecule has 0 aliphatic carbocycles. The zero-order chi connectivity index (χ0) is 18.4. The predicted molar refractivity (Wildman–Crippen MR) is 95.0 cm³/mol. The molecule has 1 aliphatic heterocycles. The first kappa shape index (κ1) is 19.2. The van der Waals surface area contributed by atoms with Gasteiger partial charge in [0.05, 0.1) is 12.2 Å². The van der Waals surface area contributed by atoms with Gasteiger partial charge in [0, 0.05) is 23.0 Å². The summed E-state index contributed by atoms with van der Waals surface area (Å²) in [5.41, 5.74) is 2.11. The summed E-state index contributed by atoms with van der Waals surface area (Å²) in [5.74, 6) is -0.262. The number of ether oxygens (including phenoxy) is 1. The van der Waals surface area contributed by atoms with Gasteiger partial charge in [-0.05, 0) is 35.1 Å². The van der Waals surface area contributed by atoms with Crippen molar-refractivity contribution in [2.75, 3.05) is 13.7 Å². The Morgan fingerprint density at radius 3 is 2.68 bits per heavy atom. The second-order valence-electron chi connectivity index (χ2n) is 5.26. The van der Waals surface area contributed by atoms with Crippen molar-refractivity contribution in [3.8, 4) is 0 Å². The molecule has 7 nitrogen and oxygen atoms in total. The number of benzene rings is 1. The van der Waals surface area contributed by atoms with Crippen molar-refractivity contribution in [3.63, 3.8) is 0 Å². The third-order valence-corrected chi connectivity index (χ3v) is 5.19. The second-order valence-corrected chi connectivity index (χ2v) is 6.67. The van der Waals surface area contributed by atoms with Crippen molar-refractivity contribution in [3.05, 3.63) is 72.1 Å². The lowest BCUT2D eigenvalue weighted by atomic mass is 10.0. The number of rotatable bonds is 3. The fourth-order valence-corrected chi connectivity index (χ4v) is 3.90. The second kappa shape index (κ2) is 8.80. The quantitative estimate of drug-likeness (QED) is 0.457. The summed E-state index contributed by atoms with van der Waals surface area (Å²) < 4.78 is 5.01. The predicted octanol–water partition coefficient (Wildman–Crippen LogP) is 3.43. The van der Waals surface area contributed by atoms with Crippen LogP contribution in [-0.4, -0.2) is 29.6 Å². The number of esters is 1. The highest BCUT2D eigenvalue weighted by Gasteiger charge is 2.32. The molecule has 25 heavy (non-hydrogen) atoms. The Labute approximate surface area is 153 Å². The molecular formula is C16H16ClN2O5S-. The van der Waals surface area contributed by atoms with Gasteiger partial charge >= 0.3 is 5.97 Å². The first-order chi connectivity index (χ1) is 11.9. The molecule has 3 rings (SSSR count). The molecule has 0 bridgehead atoms. The number of carbonyl (C=O) groups is 1. The highest BCUT2D eigenvalue weighted by Crippen LogP contribution is 2.33. The largest absolute Gasteiger partial charge is 0.468 e. The van der Waals surface area contributed by atoms with Crippen molar-refractivity contribution in [1.29, 1.82) is 0 Å². The first-order valence-electron chi connectivity index (χ1n) is 7.37. The SMILES string of the molecule is COC(=O)[C@H](c1ccccc1Cl)N1CCc2sccc2C1.O=[N+]([O-])[O-]. The van der Waals surface area contributed by atoms with Crippen LogP contribution in [0.15, 0.2) is 35.7 Å². The fourth-order valence-electron chi connectivity index (χ4n) is 2.77. The Hall–Kier alpha value is -2.16. The molecular weight excluding hydrogens is 368 g/mol. The molecule has 0 spiro atoms. The van der Waals surface area contributed by atoms with Crippen LogP contribution in [0.25, 0.3) is 0 Å². The molecule has 1 aromatic carbocycles. The van der Waals surface area contributed by atoms with Crippen LogP contribution in [0.3, 0.4) is 0 Å². The number of halogens is 1. The maximum Gasteiger partial charge on any atom is 0.327 e. The van der Waals surface area contributed by atoms with Crippen molar-refractivity contribution < 1.29 is 14.6 Å². The lowest BCUT2D eigenvalue weighted by Gasteiger charge is -2.33. The van der Waals surface area contributed by atoms with Gasteiger partial charge in [0.1, 0.15) is 6.04 Å². The zero-order valence-electron chi connectivity index (χ0n) is 13.4. The lowest BCUT2D eigenvalue weighted by molar-refractivity contribution is -0.402. The molecule has 0 unspecified atom stereocenters. The van der Waals surface area contributed by atoms with E-state index in [4.69, 9.17) is 31.7 Å². The van der Waals surface area contributed by atoms with Gasteiger partial charge in [-0.15, -0.1) is 11.3 Å². The van der Waals surface area contributed by atoms with E-state index in [9.17, 15) is 4.79 Å². The normalized spacial score (nSPS) is 14.6. The van der Waals surface area contributed by atoms with Crippen molar-refractivity contribution >= 4 is 28.9 Å². The third-order valence-electron chi connectivity index (χ3n) is 3.83. The summed E-state index contributed by atoms with van der Waals surface area (Å²) in [7, 11) is 1.42. The van der Waals surface area contributed by atoms with Crippen LogP contribution in [0, 0.1) is 15.3 Å². The van der Waals surface area contributed by atoms with Gasteiger partial charge in [0.25, 0.3) is 0 Å². The van der Waals surface area contributed by atoms with Gasteiger partial charge in [0.2, 0.25) is 0 Å². The Balaban J connectivity index is 0.000000511. The van der Waals surface area contributed by atoms with Crippen LogP contribution in [0.5, 0.6) is 0 Å². The molecule has 1 aromatic heterocycles. The Morgan fingerprint density at radius 2 is 2.04 bits per heavy atom. The number of fused-ring (bicyclic) bond motifs is 1. The molecule has 0 amide bonds. The number of thiophene rings is 1. The summed E-state index contributed by atoms with van der Waals surface area (Å²) >= 11 is 8.07. The average Bonchev–Trinajstić information content (AvgIpc) is 3.04. The molecule has 0 N–H and O–H groups in total. The average molecular weight is 384 g/mol. The van der Waals surface area contributed by atoms with Crippen LogP contribution < -0.4 is 0 Å². The maximum absolute atomic E-state index is 12.3. The summed E-state index contributed by atoms with van der Waals surface area (Å²) in [6.45, 7) is 1.59. The van der Waals surface area contributed by atoms with Gasteiger partial charge in [-0.3, -0.25) is 4.90 Å². The number of methoxy groups -OCH3 is 1. The van der Waals surface area contributed by atoms with Crippen LogP contribution in [0.4, 0.5) is 0 Å². The molecule has 9 heteroatoms. The summed E-state index contributed by atoms with van der Waals surface area (Å²) in [6.07, 6.45) is 0.963. The Kier molecular flexibility index (Phi) is 6.74. The zero-order valence-corrected chi connectivity index (χ0v) is 15.0. The topological polar surface area (TPSA) is 95.7 Å². The van der Waals surface area contributed by atoms with Gasteiger partial charge in [-0.1, -0.05) is 29.8 Å². The van der Waals surface area contributed by atoms with Crippen molar-refractivity contribution in [1.82, 2.24) is 4.90 Å². The fraction of sp³-hybridized carbons (Fsp3) is 0.312. The molecule has 1 atom stereocenters. The minimum Gasteiger partial charge on any atom is -0.468 e. The lowest BCUT2D eigenvalue weighted by Crippen LogP contribution is -2.38. The molecule has 0 saturated heterocycles. The molecule has 1 aliphatic rings. The minimum atomic E-state index is -1.75. The van der Waals surface area contributed by atoms with E-state index < -0.39 is 11.1 Å². The highest BCUT2D eigenvalue weighted by molar-refractivity contribution is 7.10. The van der Waals surface area contributed by atoms with E-state index in [0.717, 1.165) is 25.1 Å². The molecule has 2 heterocycles. The van der Waals surface area contributed by atoms with E-state index in [2.05, 4.69) is 16.3 Å². The number of hydrogen-bond donors (Lipinski definition) is 0. The van der Waals surface area contributed by atoms with Gasteiger partial charge in [-0.25, -0.2) is 4.79 Å². The van der Waals surface area contributed by atoms with E-state index in [1.165, 1.54) is 17.6 Å². The minimum absolute atomic E-state index is 0.262. The van der Waals surface area contributed by atoms with Crippen molar-refractivity contribution in [2.24, 2.45) is 0 Å². The molecule has 0 radical (unpaired) electrons. The van der Waals surface area contributed by atoms with Gasteiger partial charge in [0.15, 0.2) is 0 Å². The van der Waals surface area contributed by atoms with E-state index in [1.807, 2.05) is 24.3 Å². The van der Waals surface area contributed by atoms with E-state index in [1.54, 1.807) is 11.3 Å². The Bertz CT molecular complexity index is 748.